The average molecular weight is 454 g/mol. The molecule has 2 aromatic carbocycles. The third-order valence-corrected chi connectivity index (χ3v) is 6.35. The second-order valence-corrected chi connectivity index (χ2v) is 8.41. The van der Waals surface area contributed by atoms with E-state index in [1.807, 2.05) is 23.1 Å². The van der Waals surface area contributed by atoms with E-state index in [4.69, 9.17) is 4.42 Å². The van der Waals surface area contributed by atoms with Crippen LogP contribution in [0.4, 0.5) is 10.1 Å². The lowest BCUT2D eigenvalue weighted by Crippen LogP contribution is -2.48. The van der Waals surface area contributed by atoms with Crippen LogP contribution in [0.1, 0.15) is 16.1 Å². The number of halogens is 1. The van der Waals surface area contributed by atoms with Crippen molar-refractivity contribution in [2.24, 2.45) is 0 Å². The standard InChI is InChI=1S/C24H24FN3O3S/c25-18-7-9-19(10-8-18)27-11-13-28(14-12-27)24(30)21-5-1-2-6-22(21)32-17-23(29)26-16-20-4-3-15-31-20/h1-10,15H,11-14,16-17H2,(H,26,29). The first-order valence-corrected chi connectivity index (χ1v) is 11.4. The van der Waals surface area contributed by atoms with E-state index in [9.17, 15) is 14.0 Å². The first kappa shape index (κ1) is 22.0. The number of piperazine rings is 1. The Morgan fingerprint density at radius 3 is 2.44 bits per heavy atom. The van der Waals surface area contributed by atoms with Crippen LogP contribution in [0.25, 0.3) is 0 Å². The SMILES string of the molecule is O=C(CSc1ccccc1C(=O)N1CCN(c2ccc(F)cc2)CC1)NCc1ccco1. The fourth-order valence-corrected chi connectivity index (χ4v) is 4.43. The van der Waals surface area contributed by atoms with Gasteiger partial charge in [-0.15, -0.1) is 11.8 Å². The Bertz CT molecular complexity index is 1050. The van der Waals surface area contributed by atoms with E-state index >= 15 is 0 Å². The summed E-state index contributed by atoms with van der Waals surface area (Å²) < 4.78 is 18.4. The van der Waals surface area contributed by atoms with Crippen molar-refractivity contribution in [1.29, 1.82) is 0 Å². The van der Waals surface area contributed by atoms with E-state index in [0.717, 1.165) is 10.6 Å². The fraction of sp³-hybridized carbons (Fsp3) is 0.250. The van der Waals surface area contributed by atoms with Gasteiger partial charge in [-0.3, -0.25) is 9.59 Å². The van der Waals surface area contributed by atoms with Crippen LogP contribution in [0.5, 0.6) is 0 Å². The summed E-state index contributed by atoms with van der Waals surface area (Å²) >= 11 is 1.35. The molecule has 2 heterocycles. The summed E-state index contributed by atoms with van der Waals surface area (Å²) in [7, 11) is 0. The van der Waals surface area contributed by atoms with E-state index in [-0.39, 0.29) is 23.4 Å². The van der Waals surface area contributed by atoms with Crippen LogP contribution in [0.15, 0.2) is 76.2 Å². The average Bonchev–Trinajstić information content (AvgIpc) is 3.36. The molecule has 0 radical (unpaired) electrons. The highest BCUT2D eigenvalue weighted by atomic mass is 32.2. The van der Waals surface area contributed by atoms with E-state index in [2.05, 4.69) is 10.2 Å². The van der Waals surface area contributed by atoms with Crippen molar-refractivity contribution in [3.63, 3.8) is 0 Å². The number of furan rings is 1. The van der Waals surface area contributed by atoms with Gasteiger partial charge in [-0.1, -0.05) is 12.1 Å². The first-order chi connectivity index (χ1) is 15.6. The quantitative estimate of drug-likeness (QED) is 0.552. The maximum atomic E-state index is 13.2. The van der Waals surface area contributed by atoms with Crippen molar-refractivity contribution in [3.05, 3.63) is 84.1 Å². The number of anilines is 1. The molecule has 8 heteroatoms. The molecule has 1 saturated heterocycles. The van der Waals surface area contributed by atoms with E-state index in [1.54, 1.807) is 36.6 Å². The molecule has 3 aromatic rings. The summed E-state index contributed by atoms with van der Waals surface area (Å²) in [6.45, 7) is 2.87. The molecule has 2 amide bonds. The predicted octanol–water partition coefficient (Wildman–Crippen LogP) is 3.79. The summed E-state index contributed by atoms with van der Waals surface area (Å²) in [5.41, 5.74) is 1.56. The molecule has 32 heavy (non-hydrogen) atoms. The molecule has 0 saturated carbocycles. The van der Waals surface area contributed by atoms with Crippen LogP contribution in [0.2, 0.25) is 0 Å². The highest BCUT2D eigenvalue weighted by Gasteiger charge is 2.24. The summed E-state index contributed by atoms with van der Waals surface area (Å²) in [5, 5.41) is 2.81. The van der Waals surface area contributed by atoms with Gasteiger partial charge in [-0.2, -0.15) is 0 Å². The van der Waals surface area contributed by atoms with E-state index < -0.39 is 0 Å². The zero-order valence-electron chi connectivity index (χ0n) is 17.5. The highest BCUT2D eigenvalue weighted by Crippen LogP contribution is 2.25. The molecule has 1 aliphatic rings. The van der Waals surface area contributed by atoms with Crippen molar-refractivity contribution in [2.45, 2.75) is 11.4 Å². The van der Waals surface area contributed by atoms with Crippen LogP contribution in [-0.2, 0) is 11.3 Å². The summed E-state index contributed by atoms with van der Waals surface area (Å²) in [4.78, 5) is 30.1. The number of carbonyl (C=O) groups excluding carboxylic acids is 2. The molecule has 6 nitrogen and oxygen atoms in total. The molecular formula is C24H24FN3O3S. The van der Waals surface area contributed by atoms with Gasteiger partial charge in [-0.25, -0.2) is 4.39 Å². The maximum absolute atomic E-state index is 13.2. The van der Waals surface area contributed by atoms with Crippen molar-refractivity contribution in [2.75, 3.05) is 36.8 Å². The highest BCUT2D eigenvalue weighted by molar-refractivity contribution is 8.00. The number of hydrogen-bond donors (Lipinski definition) is 1. The zero-order valence-corrected chi connectivity index (χ0v) is 18.3. The van der Waals surface area contributed by atoms with Gasteiger partial charge in [0, 0.05) is 36.8 Å². The van der Waals surface area contributed by atoms with E-state index in [0.29, 0.717) is 44.0 Å². The molecule has 1 aliphatic heterocycles. The Labute approximate surface area is 190 Å². The maximum Gasteiger partial charge on any atom is 0.255 e. The lowest BCUT2D eigenvalue weighted by atomic mass is 10.1. The molecule has 0 aliphatic carbocycles. The van der Waals surface area contributed by atoms with Crippen LogP contribution >= 0.6 is 11.8 Å². The van der Waals surface area contributed by atoms with Gasteiger partial charge in [0.05, 0.1) is 24.1 Å². The number of thioether (sulfide) groups is 1. The number of amides is 2. The van der Waals surface area contributed by atoms with Gasteiger partial charge in [0.25, 0.3) is 5.91 Å². The molecule has 1 N–H and O–H groups in total. The van der Waals surface area contributed by atoms with Gasteiger partial charge < -0.3 is 19.5 Å². The Kier molecular flexibility index (Phi) is 7.11. The summed E-state index contributed by atoms with van der Waals surface area (Å²) in [5.74, 6) is 0.484. The van der Waals surface area contributed by atoms with Crippen LogP contribution in [0, 0.1) is 5.82 Å². The minimum absolute atomic E-state index is 0.0390. The van der Waals surface area contributed by atoms with Gasteiger partial charge in [0.2, 0.25) is 5.91 Å². The van der Waals surface area contributed by atoms with Gasteiger partial charge in [-0.05, 0) is 48.5 Å². The van der Waals surface area contributed by atoms with Crippen LogP contribution in [-0.4, -0.2) is 48.6 Å². The smallest absolute Gasteiger partial charge is 0.255 e. The first-order valence-electron chi connectivity index (χ1n) is 10.4. The molecule has 0 unspecified atom stereocenters. The Hall–Kier alpha value is -3.26. The lowest BCUT2D eigenvalue weighted by molar-refractivity contribution is -0.118. The molecule has 0 spiro atoms. The monoisotopic (exact) mass is 453 g/mol. The zero-order chi connectivity index (χ0) is 22.3. The second-order valence-electron chi connectivity index (χ2n) is 7.40. The minimum Gasteiger partial charge on any atom is -0.467 e. The number of benzene rings is 2. The number of hydrogen-bond acceptors (Lipinski definition) is 5. The largest absolute Gasteiger partial charge is 0.467 e. The molecule has 0 bridgehead atoms. The summed E-state index contributed by atoms with van der Waals surface area (Å²) in [6.07, 6.45) is 1.57. The summed E-state index contributed by atoms with van der Waals surface area (Å²) in [6, 6.07) is 17.4. The van der Waals surface area contributed by atoms with Crippen molar-refractivity contribution < 1.29 is 18.4 Å². The van der Waals surface area contributed by atoms with Crippen molar-refractivity contribution in [3.8, 4) is 0 Å². The van der Waals surface area contributed by atoms with Crippen LogP contribution < -0.4 is 10.2 Å². The number of rotatable bonds is 7. The molecular weight excluding hydrogens is 429 g/mol. The Morgan fingerprint density at radius 2 is 1.72 bits per heavy atom. The van der Waals surface area contributed by atoms with Crippen molar-refractivity contribution >= 4 is 29.3 Å². The second kappa shape index (κ2) is 10.4. The van der Waals surface area contributed by atoms with Gasteiger partial charge >= 0.3 is 0 Å². The fourth-order valence-electron chi connectivity index (χ4n) is 3.55. The molecule has 4 rings (SSSR count). The predicted molar refractivity (Wildman–Crippen MR) is 122 cm³/mol. The van der Waals surface area contributed by atoms with Crippen LogP contribution in [0.3, 0.4) is 0 Å². The van der Waals surface area contributed by atoms with Crippen molar-refractivity contribution in [1.82, 2.24) is 10.2 Å². The Balaban J connectivity index is 1.32. The normalized spacial score (nSPS) is 13.8. The molecule has 1 aromatic heterocycles. The van der Waals surface area contributed by atoms with E-state index in [1.165, 1.54) is 23.9 Å². The molecule has 0 atom stereocenters. The number of nitrogens with one attached hydrogen (secondary N) is 1. The lowest BCUT2D eigenvalue weighted by Gasteiger charge is -2.36. The number of carbonyl (C=O) groups is 2. The third-order valence-electron chi connectivity index (χ3n) is 5.27. The number of nitrogens with zero attached hydrogens (tertiary/aromatic N) is 2. The third kappa shape index (κ3) is 5.50. The Morgan fingerprint density at radius 1 is 0.969 bits per heavy atom. The topological polar surface area (TPSA) is 65.8 Å². The molecule has 1 fully saturated rings. The molecule has 166 valence electrons. The minimum atomic E-state index is -0.258. The van der Waals surface area contributed by atoms with Gasteiger partial charge in [0.15, 0.2) is 0 Å². The van der Waals surface area contributed by atoms with Gasteiger partial charge in [0.1, 0.15) is 11.6 Å².